The van der Waals surface area contributed by atoms with Crippen molar-refractivity contribution in [3.05, 3.63) is 29.8 Å². The molecule has 2 heteroatoms. The lowest BCUT2D eigenvalue weighted by Gasteiger charge is -2.11. The van der Waals surface area contributed by atoms with Crippen LogP contribution < -0.4 is 5.32 Å². The summed E-state index contributed by atoms with van der Waals surface area (Å²) in [6.45, 7) is 4.06. The molecule has 1 atom stereocenters. The highest BCUT2D eigenvalue weighted by atomic mass is 32.2. The van der Waals surface area contributed by atoms with Gasteiger partial charge in [0.25, 0.3) is 0 Å². The molecule has 0 radical (unpaired) electrons. The van der Waals surface area contributed by atoms with Crippen molar-refractivity contribution in [2.24, 2.45) is 0 Å². The zero-order valence-electron chi connectivity index (χ0n) is 10.2. The van der Waals surface area contributed by atoms with Crippen molar-refractivity contribution >= 4 is 11.8 Å². The first-order valence-corrected chi connectivity index (χ1v) is 6.56. The molecule has 1 aromatic rings. The Hall–Kier alpha value is -0.910. The summed E-state index contributed by atoms with van der Waals surface area (Å²) >= 11 is 1.87. The molecular weight excluding hydrogens is 214 g/mol. The van der Waals surface area contributed by atoms with E-state index in [4.69, 9.17) is 0 Å². The van der Waals surface area contributed by atoms with E-state index in [0.29, 0.717) is 6.04 Å². The van der Waals surface area contributed by atoms with E-state index in [2.05, 4.69) is 48.3 Å². The molecule has 0 bridgehead atoms. The van der Waals surface area contributed by atoms with Crippen LogP contribution in [-0.4, -0.2) is 12.8 Å². The first kappa shape index (κ1) is 13.2. The fourth-order valence-corrected chi connectivity index (χ4v) is 2.22. The molecule has 0 fully saturated rings. The smallest absolute Gasteiger partial charge is 0.0289 e. The Labute approximate surface area is 103 Å². The van der Waals surface area contributed by atoms with Crippen molar-refractivity contribution in [3.63, 3.8) is 0 Å². The molecule has 0 heterocycles. The van der Waals surface area contributed by atoms with Gasteiger partial charge in [-0.05, 0) is 38.6 Å². The summed E-state index contributed by atoms with van der Waals surface area (Å²) in [5.41, 5.74) is 1.34. The van der Waals surface area contributed by atoms with E-state index in [1.807, 2.05) is 25.7 Å². The minimum absolute atomic E-state index is 0.413. The molecule has 0 spiro atoms. The Balaban J connectivity index is 2.55. The maximum atomic E-state index is 3.25. The largest absolute Gasteiger partial charge is 0.313 e. The fraction of sp³-hybridized carbons (Fsp3) is 0.429. The van der Waals surface area contributed by atoms with Crippen molar-refractivity contribution in [3.8, 4) is 11.8 Å². The van der Waals surface area contributed by atoms with Crippen LogP contribution in [0.4, 0.5) is 0 Å². The van der Waals surface area contributed by atoms with E-state index >= 15 is 0 Å². The summed E-state index contributed by atoms with van der Waals surface area (Å²) in [7, 11) is 1.99. The van der Waals surface area contributed by atoms with Crippen LogP contribution in [0.1, 0.15) is 31.9 Å². The first-order valence-electron chi connectivity index (χ1n) is 5.57. The van der Waals surface area contributed by atoms with Gasteiger partial charge in [0, 0.05) is 23.1 Å². The highest BCUT2D eigenvalue weighted by Gasteiger charge is 2.02. The van der Waals surface area contributed by atoms with E-state index in [1.165, 1.54) is 10.5 Å². The van der Waals surface area contributed by atoms with Gasteiger partial charge in [0.1, 0.15) is 0 Å². The van der Waals surface area contributed by atoms with Crippen LogP contribution in [0.3, 0.4) is 0 Å². The molecule has 0 aliphatic heterocycles. The number of nitrogens with one attached hydrogen (secondary N) is 1. The molecule has 1 nitrogen and oxygen atoms in total. The van der Waals surface area contributed by atoms with Gasteiger partial charge in [-0.25, -0.2) is 0 Å². The zero-order chi connectivity index (χ0) is 11.8. The quantitative estimate of drug-likeness (QED) is 0.475. The van der Waals surface area contributed by atoms with Crippen LogP contribution in [0, 0.1) is 11.8 Å². The molecule has 0 aromatic heterocycles. The van der Waals surface area contributed by atoms with Gasteiger partial charge in [-0.3, -0.25) is 0 Å². The lowest BCUT2D eigenvalue weighted by molar-refractivity contribution is 0.651. The van der Waals surface area contributed by atoms with E-state index in [0.717, 1.165) is 12.2 Å². The molecule has 16 heavy (non-hydrogen) atoms. The van der Waals surface area contributed by atoms with Crippen LogP contribution >= 0.6 is 11.8 Å². The highest BCUT2D eigenvalue weighted by molar-refractivity contribution is 7.99. The zero-order valence-corrected chi connectivity index (χ0v) is 11.0. The number of rotatable bonds is 5. The molecular formula is C14H19NS. The van der Waals surface area contributed by atoms with Gasteiger partial charge < -0.3 is 5.32 Å². The van der Waals surface area contributed by atoms with Crippen molar-refractivity contribution in [2.75, 3.05) is 12.8 Å². The maximum Gasteiger partial charge on any atom is 0.0289 e. The molecule has 0 saturated heterocycles. The van der Waals surface area contributed by atoms with Crippen molar-refractivity contribution < 1.29 is 0 Å². The number of benzene rings is 1. The third-order valence-electron chi connectivity index (χ3n) is 2.46. The molecule has 1 N–H and O–H groups in total. The predicted molar refractivity (Wildman–Crippen MR) is 72.7 cm³/mol. The Morgan fingerprint density at radius 1 is 1.44 bits per heavy atom. The molecule has 1 unspecified atom stereocenters. The third kappa shape index (κ3) is 4.30. The van der Waals surface area contributed by atoms with Crippen LogP contribution in [0.15, 0.2) is 29.2 Å². The molecule has 0 amide bonds. The number of thioether (sulfide) groups is 1. The lowest BCUT2D eigenvalue weighted by atomic mass is 10.1. The average molecular weight is 233 g/mol. The summed E-state index contributed by atoms with van der Waals surface area (Å²) in [4.78, 5) is 1.33. The Morgan fingerprint density at radius 2 is 2.25 bits per heavy atom. The molecule has 1 rings (SSSR count). The van der Waals surface area contributed by atoms with Crippen molar-refractivity contribution in [2.45, 2.75) is 31.2 Å². The fourth-order valence-electron chi connectivity index (χ4n) is 1.39. The topological polar surface area (TPSA) is 12.0 Å². The Bertz CT molecular complexity index is 376. The van der Waals surface area contributed by atoms with E-state index in [9.17, 15) is 0 Å². The lowest BCUT2D eigenvalue weighted by Crippen LogP contribution is -2.11. The van der Waals surface area contributed by atoms with Gasteiger partial charge in [0.05, 0.1) is 0 Å². The maximum absolute atomic E-state index is 3.25. The molecule has 0 aliphatic carbocycles. The normalized spacial score (nSPS) is 11.7. The standard InChI is InChI=1S/C14H19NS/c1-4-5-6-10-16-14-9-7-8-13(11-14)12(2)15-3/h7-9,11-12,15H,6,10H2,1-3H3. The minimum atomic E-state index is 0.413. The predicted octanol–water partition coefficient (Wildman–Crippen LogP) is 3.47. The van der Waals surface area contributed by atoms with Crippen LogP contribution in [0.2, 0.25) is 0 Å². The molecule has 86 valence electrons. The van der Waals surface area contributed by atoms with E-state index < -0.39 is 0 Å². The summed E-state index contributed by atoms with van der Waals surface area (Å²) in [6.07, 6.45) is 0.965. The van der Waals surface area contributed by atoms with E-state index in [1.54, 1.807) is 0 Å². The summed E-state index contributed by atoms with van der Waals surface area (Å²) in [6, 6.07) is 9.12. The van der Waals surface area contributed by atoms with Crippen LogP contribution in [0.5, 0.6) is 0 Å². The second-order valence-corrected chi connectivity index (χ2v) is 4.78. The minimum Gasteiger partial charge on any atom is -0.313 e. The van der Waals surface area contributed by atoms with Gasteiger partial charge in [-0.1, -0.05) is 12.1 Å². The number of hydrogen-bond donors (Lipinski definition) is 1. The summed E-state index contributed by atoms with van der Waals surface area (Å²) < 4.78 is 0. The molecule has 0 aliphatic rings. The van der Waals surface area contributed by atoms with Crippen LogP contribution in [-0.2, 0) is 0 Å². The summed E-state index contributed by atoms with van der Waals surface area (Å²) in [5, 5.41) is 3.25. The Morgan fingerprint density at radius 3 is 2.94 bits per heavy atom. The van der Waals surface area contributed by atoms with Gasteiger partial charge in [0.2, 0.25) is 0 Å². The van der Waals surface area contributed by atoms with Crippen LogP contribution in [0.25, 0.3) is 0 Å². The van der Waals surface area contributed by atoms with Crippen molar-refractivity contribution in [1.82, 2.24) is 5.32 Å². The second-order valence-electron chi connectivity index (χ2n) is 3.61. The number of hydrogen-bond acceptors (Lipinski definition) is 2. The third-order valence-corrected chi connectivity index (χ3v) is 3.46. The molecule has 0 saturated carbocycles. The van der Waals surface area contributed by atoms with Gasteiger partial charge in [0.15, 0.2) is 0 Å². The molecule has 1 aromatic carbocycles. The summed E-state index contributed by atoms with van der Waals surface area (Å²) in [5.74, 6) is 7.07. The second kappa shape index (κ2) is 7.38. The van der Waals surface area contributed by atoms with E-state index in [-0.39, 0.29) is 0 Å². The Kier molecular flexibility index (Phi) is 6.07. The first-order chi connectivity index (χ1) is 7.77. The van der Waals surface area contributed by atoms with Gasteiger partial charge in [-0.2, -0.15) is 0 Å². The monoisotopic (exact) mass is 233 g/mol. The SMILES string of the molecule is CC#CCCSc1cccc(C(C)NC)c1. The van der Waals surface area contributed by atoms with Gasteiger partial charge in [-0.15, -0.1) is 23.6 Å². The average Bonchev–Trinajstić information content (AvgIpc) is 2.34. The van der Waals surface area contributed by atoms with Crippen molar-refractivity contribution in [1.29, 1.82) is 0 Å². The van der Waals surface area contributed by atoms with Gasteiger partial charge >= 0.3 is 0 Å². The highest BCUT2D eigenvalue weighted by Crippen LogP contribution is 2.22.